The maximum Gasteiger partial charge on any atom is -0.00994 e. The first-order valence-corrected chi connectivity index (χ1v) is 3.80. The fourth-order valence-corrected chi connectivity index (χ4v) is 1.62. The maximum absolute atomic E-state index is 2.40. The average Bonchev–Trinajstić information content (AvgIpc) is 2.10. The quantitative estimate of drug-likeness (QED) is 0.499. The molecular weight excluding hydrogens is 108 g/mol. The largest absolute Gasteiger partial charge is 0.0661 e. The van der Waals surface area contributed by atoms with E-state index in [9.17, 15) is 0 Å². The van der Waals surface area contributed by atoms with Crippen molar-refractivity contribution in [2.45, 2.75) is 32.6 Å². The lowest BCUT2D eigenvalue weighted by atomic mass is 9.91. The zero-order valence-electron chi connectivity index (χ0n) is 5.91. The number of rotatable bonds is 1. The van der Waals surface area contributed by atoms with E-state index in [1.54, 1.807) is 16.7 Å². The van der Waals surface area contributed by atoms with Crippen molar-refractivity contribution >= 4 is 0 Å². The maximum atomic E-state index is 2.40. The van der Waals surface area contributed by atoms with E-state index in [-0.39, 0.29) is 0 Å². The molecule has 0 nitrogen and oxygen atoms in total. The van der Waals surface area contributed by atoms with E-state index in [0.29, 0.717) is 0 Å². The smallest absolute Gasteiger partial charge is 0.00994 e. The van der Waals surface area contributed by atoms with Crippen molar-refractivity contribution in [2.75, 3.05) is 0 Å². The highest BCUT2D eigenvalue weighted by molar-refractivity contribution is 5.44. The SMILES string of the molecule is CCC1=CC2=C(CC2)C1. The Morgan fingerprint density at radius 3 is 2.67 bits per heavy atom. The van der Waals surface area contributed by atoms with E-state index >= 15 is 0 Å². The molecule has 0 fully saturated rings. The molecule has 0 aromatic heterocycles. The Morgan fingerprint density at radius 1 is 1.44 bits per heavy atom. The zero-order valence-corrected chi connectivity index (χ0v) is 5.91. The van der Waals surface area contributed by atoms with Crippen LogP contribution in [0.5, 0.6) is 0 Å². The highest BCUT2D eigenvalue weighted by atomic mass is 14.3. The molecule has 0 saturated heterocycles. The van der Waals surface area contributed by atoms with Crippen molar-refractivity contribution in [1.29, 1.82) is 0 Å². The van der Waals surface area contributed by atoms with Crippen molar-refractivity contribution in [3.05, 3.63) is 22.8 Å². The summed E-state index contributed by atoms with van der Waals surface area (Å²) in [7, 11) is 0. The molecule has 0 heterocycles. The minimum absolute atomic E-state index is 1.26. The summed E-state index contributed by atoms with van der Waals surface area (Å²) in [5, 5.41) is 0. The third kappa shape index (κ3) is 0.658. The van der Waals surface area contributed by atoms with Gasteiger partial charge < -0.3 is 0 Å². The van der Waals surface area contributed by atoms with Crippen LogP contribution < -0.4 is 0 Å². The molecule has 0 heteroatoms. The summed E-state index contributed by atoms with van der Waals surface area (Å²) in [4.78, 5) is 0. The molecule has 0 aromatic rings. The summed E-state index contributed by atoms with van der Waals surface area (Å²) in [5.41, 5.74) is 5.04. The third-order valence-corrected chi connectivity index (χ3v) is 2.42. The summed E-state index contributed by atoms with van der Waals surface area (Å²) < 4.78 is 0. The predicted octanol–water partition coefficient (Wildman–Crippen LogP) is 2.82. The molecule has 9 heavy (non-hydrogen) atoms. The summed E-state index contributed by atoms with van der Waals surface area (Å²) in [6.07, 6.45) is 7.71. The fraction of sp³-hybridized carbons (Fsp3) is 0.556. The van der Waals surface area contributed by atoms with E-state index in [1.807, 2.05) is 0 Å². The highest BCUT2D eigenvalue weighted by Crippen LogP contribution is 2.40. The van der Waals surface area contributed by atoms with Gasteiger partial charge in [0.15, 0.2) is 0 Å². The van der Waals surface area contributed by atoms with E-state index in [0.717, 1.165) is 0 Å². The standard InChI is InChI=1S/C9H12/c1-2-7-5-8-3-4-9(8)6-7/h5H,2-4,6H2,1H3. The van der Waals surface area contributed by atoms with Crippen LogP contribution in [0.2, 0.25) is 0 Å². The van der Waals surface area contributed by atoms with Crippen molar-refractivity contribution in [3.63, 3.8) is 0 Å². The first-order chi connectivity index (χ1) is 4.40. The summed E-state index contributed by atoms with van der Waals surface area (Å²) in [5.74, 6) is 0. The van der Waals surface area contributed by atoms with Gasteiger partial charge in [-0.2, -0.15) is 0 Å². The van der Waals surface area contributed by atoms with E-state index in [4.69, 9.17) is 0 Å². The lowest BCUT2D eigenvalue weighted by Crippen LogP contribution is -1.95. The van der Waals surface area contributed by atoms with Crippen LogP contribution in [0.15, 0.2) is 22.8 Å². The monoisotopic (exact) mass is 120 g/mol. The summed E-state index contributed by atoms with van der Waals surface area (Å²) in [6.45, 7) is 2.25. The molecule has 2 aliphatic carbocycles. The highest BCUT2D eigenvalue weighted by Gasteiger charge is 2.20. The van der Waals surface area contributed by atoms with Crippen molar-refractivity contribution in [2.24, 2.45) is 0 Å². The molecule has 0 aliphatic heterocycles. The van der Waals surface area contributed by atoms with Gasteiger partial charge >= 0.3 is 0 Å². The van der Waals surface area contributed by atoms with Crippen LogP contribution in [-0.4, -0.2) is 0 Å². The third-order valence-electron chi connectivity index (χ3n) is 2.42. The molecule has 0 spiro atoms. The Hall–Kier alpha value is -0.520. The van der Waals surface area contributed by atoms with Crippen molar-refractivity contribution in [1.82, 2.24) is 0 Å². The first-order valence-electron chi connectivity index (χ1n) is 3.80. The zero-order chi connectivity index (χ0) is 6.27. The van der Waals surface area contributed by atoms with Crippen LogP contribution in [0.25, 0.3) is 0 Å². The van der Waals surface area contributed by atoms with Gasteiger partial charge in [0.25, 0.3) is 0 Å². The molecule has 0 bridgehead atoms. The molecule has 48 valence electrons. The van der Waals surface area contributed by atoms with Crippen LogP contribution in [0.3, 0.4) is 0 Å². The summed E-state index contributed by atoms with van der Waals surface area (Å²) >= 11 is 0. The molecular formula is C9H12. The van der Waals surface area contributed by atoms with Crippen LogP contribution in [0, 0.1) is 0 Å². The second-order valence-corrected chi connectivity index (χ2v) is 2.96. The molecule has 2 aliphatic rings. The van der Waals surface area contributed by atoms with Gasteiger partial charge in [-0.05, 0) is 31.3 Å². The second kappa shape index (κ2) is 1.73. The van der Waals surface area contributed by atoms with Crippen LogP contribution in [-0.2, 0) is 0 Å². The van der Waals surface area contributed by atoms with Crippen molar-refractivity contribution in [3.8, 4) is 0 Å². The Kier molecular flexibility index (Phi) is 1.01. The second-order valence-electron chi connectivity index (χ2n) is 2.96. The van der Waals surface area contributed by atoms with Gasteiger partial charge in [0, 0.05) is 0 Å². The molecule has 0 N–H and O–H groups in total. The first kappa shape index (κ1) is 5.28. The normalized spacial score (nSPS) is 23.4. The molecule has 0 radical (unpaired) electrons. The molecule has 0 aromatic carbocycles. The lowest BCUT2D eigenvalue weighted by Gasteiger charge is -2.14. The Balaban J connectivity index is 2.17. The fourth-order valence-electron chi connectivity index (χ4n) is 1.62. The van der Waals surface area contributed by atoms with Crippen LogP contribution in [0.4, 0.5) is 0 Å². The van der Waals surface area contributed by atoms with E-state index in [1.165, 1.54) is 25.7 Å². The molecule has 2 rings (SSSR count). The van der Waals surface area contributed by atoms with Gasteiger partial charge in [-0.15, -0.1) is 0 Å². The van der Waals surface area contributed by atoms with Crippen LogP contribution >= 0.6 is 0 Å². The van der Waals surface area contributed by atoms with Gasteiger partial charge in [0.1, 0.15) is 0 Å². The number of hydrogen-bond acceptors (Lipinski definition) is 0. The minimum atomic E-state index is 1.26. The Bertz CT molecular complexity index is 194. The molecule has 0 amide bonds. The topological polar surface area (TPSA) is 0 Å². The number of allylic oxidation sites excluding steroid dienone is 4. The van der Waals surface area contributed by atoms with Gasteiger partial charge in [0.2, 0.25) is 0 Å². The Morgan fingerprint density at radius 2 is 2.33 bits per heavy atom. The molecule has 0 saturated carbocycles. The predicted molar refractivity (Wildman–Crippen MR) is 39.3 cm³/mol. The van der Waals surface area contributed by atoms with Gasteiger partial charge in [0.05, 0.1) is 0 Å². The minimum Gasteiger partial charge on any atom is -0.0661 e. The van der Waals surface area contributed by atoms with E-state index in [2.05, 4.69) is 13.0 Å². The molecule has 0 unspecified atom stereocenters. The van der Waals surface area contributed by atoms with Gasteiger partial charge in [-0.3, -0.25) is 0 Å². The van der Waals surface area contributed by atoms with E-state index < -0.39 is 0 Å². The lowest BCUT2D eigenvalue weighted by molar-refractivity contribution is 0.809. The Labute approximate surface area is 56.3 Å². The van der Waals surface area contributed by atoms with Gasteiger partial charge in [-0.1, -0.05) is 24.1 Å². The molecule has 0 atom stereocenters. The average molecular weight is 120 g/mol. The summed E-state index contributed by atoms with van der Waals surface area (Å²) in [6, 6.07) is 0. The van der Waals surface area contributed by atoms with Gasteiger partial charge in [-0.25, -0.2) is 0 Å². The number of hydrogen-bond donors (Lipinski definition) is 0. The van der Waals surface area contributed by atoms with Crippen molar-refractivity contribution < 1.29 is 0 Å². The van der Waals surface area contributed by atoms with Crippen LogP contribution in [0.1, 0.15) is 32.6 Å².